The van der Waals surface area contributed by atoms with E-state index in [0.717, 1.165) is 0 Å². The number of aromatic nitrogens is 2. The Morgan fingerprint density at radius 3 is 2.74 bits per heavy atom. The van der Waals surface area contributed by atoms with E-state index in [9.17, 15) is 22.4 Å². The summed E-state index contributed by atoms with van der Waals surface area (Å²) in [6, 6.07) is 5.60. The number of ether oxygens (including phenoxy) is 2. The van der Waals surface area contributed by atoms with Gasteiger partial charge in [-0.2, -0.15) is 5.10 Å². The third kappa shape index (κ3) is 3.74. The summed E-state index contributed by atoms with van der Waals surface area (Å²) in [6.45, 7) is 1.73. The zero-order valence-electron chi connectivity index (χ0n) is 18.6. The van der Waals surface area contributed by atoms with E-state index >= 15 is 0 Å². The van der Waals surface area contributed by atoms with Crippen molar-refractivity contribution >= 4 is 16.8 Å². The summed E-state index contributed by atoms with van der Waals surface area (Å²) in [5.74, 6) is -5.69. The van der Waals surface area contributed by atoms with Crippen molar-refractivity contribution in [2.24, 2.45) is 0 Å². The van der Waals surface area contributed by atoms with E-state index in [4.69, 9.17) is 9.47 Å². The normalized spacial score (nSPS) is 19.4. The monoisotopic (exact) mass is 477 g/mol. The maximum absolute atomic E-state index is 14.2. The van der Waals surface area contributed by atoms with Crippen LogP contribution in [0.2, 0.25) is 0 Å². The van der Waals surface area contributed by atoms with Crippen molar-refractivity contribution in [1.82, 2.24) is 15.5 Å². The Labute approximate surface area is 192 Å². The van der Waals surface area contributed by atoms with Crippen molar-refractivity contribution in [3.8, 4) is 11.5 Å². The smallest absolute Gasteiger partial charge is 0.273 e. The van der Waals surface area contributed by atoms with Crippen LogP contribution in [0.25, 0.3) is 10.9 Å². The zero-order chi connectivity index (χ0) is 24.3. The topological polar surface area (TPSA) is 76.2 Å². The predicted octanol–water partition coefficient (Wildman–Crippen LogP) is 5.28. The summed E-state index contributed by atoms with van der Waals surface area (Å²) in [6.07, 6.45) is -0.0896. The number of methoxy groups -OCH3 is 1. The number of halogens is 4. The highest BCUT2D eigenvalue weighted by atomic mass is 19.3. The molecule has 1 amide bonds. The molecule has 0 saturated heterocycles. The van der Waals surface area contributed by atoms with Crippen molar-refractivity contribution in [2.75, 3.05) is 7.11 Å². The molecule has 180 valence electrons. The highest BCUT2D eigenvalue weighted by molar-refractivity contribution is 6.08. The molecule has 0 bridgehead atoms. The van der Waals surface area contributed by atoms with Gasteiger partial charge in [-0.3, -0.25) is 9.89 Å². The number of hydrogen-bond donors (Lipinski definition) is 2. The van der Waals surface area contributed by atoms with E-state index in [1.165, 1.54) is 25.4 Å². The quantitative estimate of drug-likeness (QED) is 0.474. The van der Waals surface area contributed by atoms with Crippen molar-refractivity contribution in [1.29, 1.82) is 0 Å². The van der Waals surface area contributed by atoms with Crippen molar-refractivity contribution < 1.29 is 31.8 Å². The van der Waals surface area contributed by atoms with Crippen LogP contribution in [0.15, 0.2) is 30.5 Å². The molecule has 5 rings (SSSR count). The zero-order valence-corrected chi connectivity index (χ0v) is 18.6. The molecule has 2 aliphatic carbocycles. The molecule has 3 aromatic rings. The van der Waals surface area contributed by atoms with E-state index in [1.807, 2.05) is 0 Å². The fraction of sp³-hybridized carbons (Fsp3) is 0.417. The molecule has 0 radical (unpaired) electrons. The number of H-pyrrole nitrogens is 1. The van der Waals surface area contributed by atoms with Gasteiger partial charge in [0.2, 0.25) is 0 Å². The first-order valence-corrected chi connectivity index (χ1v) is 11.0. The van der Waals surface area contributed by atoms with Gasteiger partial charge in [-0.25, -0.2) is 17.6 Å². The van der Waals surface area contributed by atoms with Gasteiger partial charge in [-0.05, 0) is 30.5 Å². The number of alkyl halides is 4. The fourth-order valence-electron chi connectivity index (χ4n) is 4.81. The molecular formula is C24H23F4N3O3. The second kappa shape index (κ2) is 7.89. The number of benzene rings is 2. The Kier molecular flexibility index (Phi) is 5.22. The largest absolute Gasteiger partial charge is 0.492 e. The lowest BCUT2D eigenvalue weighted by atomic mass is 9.91. The third-order valence-corrected chi connectivity index (χ3v) is 6.56. The van der Waals surface area contributed by atoms with Crippen LogP contribution in [-0.2, 0) is 12.3 Å². The first kappa shape index (κ1) is 22.5. The number of fused-ring (bicyclic) bond motifs is 2. The molecular weight excluding hydrogens is 454 g/mol. The van der Waals surface area contributed by atoms with Gasteiger partial charge in [0.1, 0.15) is 6.10 Å². The molecule has 1 fully saturated rings. The van der Waals surface area contributed by atoms with Crippen LogP contribution in [0.5, 0.6) is 11.5 Å². The number of amides is 1. The summed E-state index contributed by atoms with van der Waals surface area (Å²) in [5, 5.41) is 10.1. The molecule has 1 aromatic heterocycles. The minimum atomic E-state index is -2.88. The standard InChI is InChI=1S/C24H23F4N3O3/c1-12(14-4-3-5-18-15(14)6-7-24(18,27)28)30-22(32)16-8-19(34-13-9-23(25,26)10-13)21(33-2)17-11-29-31-20(16)17/h3-5,8,11-13H,6-7,9-10H2,1-2H3,(H,29,31)(H,30,32)/t12-/m1/s1. The summed E-state index contributed by atoms with van der Waals surface area (Å²) >= 11 is 0. The third-order valence-electron chi connectivity index (χ3n) is 6.56. The number of nitrogens with zero attached hydrogens (tertiary/aromatic N) is 1. The maximum Gasteiger partial charge on any atom is 0.273 e. The lowest BCUT2D eigenvalue weighted by molar-refractivity contribution is -0.134. The Morgan fingerprint density at radius 1 is 1.26 bits per heavy atom. The summed E-state index contributed by atoms with van der Waals surface area (Å²) in [5.41, 5.74) is 1.75. The number of carbonyl (C=O) groups is 1. The number of rotatable bonds is 6. The molecule has 1 saturated carbocycles. The molecule has 0 unspecified atom stereocenters. The molecule has 2 aromatic carbocycles. The summed E-state index contributed by atoms with van der Waals surface area (Å²) in [4.78, 5) is 13.3. The average Bonchev–Trinajstić information content (AvgIpc) is 3.36. The second-order valence-corrected chi connectivity index (χ2v) is 8.89. The highest BCUT2D eigenvalue weighted by Gasteiger charge is 2.47. The molecule has 34 heavy (non-hydrogen) atoms. The fourth-order valence-corrected chi connectivity index (χ4v) is 4.81. The van der Waals surface area contributed by atoms with Crippen LogP contribution in [0.1, 0.15) is 59.3 Å². The van der Waals surface area contributed by atoms with E-state index in [-0.39, 0.29) is 35.5 Å². The molecule has 0 spiro atoms. The SMILES string of the molecule is COc1c(OC2CC(F)(F)C2)cc(C(=O)N[C@H](C)c2cccc3c2CCC3(F)F)c2[nH]ncc12. The van der Waals surface area contributed by atoms with Crippen LogP contribution >= 0.6 is 0 Å². The first-order chi connectivity index (χ1) is 16.1. The van der Waals surface area contributed by atoms with Crippen LogP contribution in [-0.4, -0.2) is 35.2 Å². The Bertz CT molecular complexity index is 1270. The highest BCUT2D eigenvalue weighted by Crippen LogP contribution is 2.45. The maximum atomic E-state index is 14.2. The average molecular weight is 477 g/mol. The molecule has 10 heteroatoms. The number of hydrogen-bond acceptors (Lipinski definition) is 4. The van der Waals surface area contributed by atoms with Gasteiger partial charge in [0.25, 0.3) is 17.8 Å². The Morgan fingerprint density at radius 2 is 2.03 bits per heavy atom. The van der Waals surface area contributed by atoms with Crippen LogP contribution in [0.4, 0.5) is 17.6 Å². The Balaban J connectivity index is 1.45. The van der Waals surface area contributed by atoms with Gasteiger partial charge in [0.05, 0.1) is 35.8 Å². The molecule has 1 heterocycles. The van der Waals surface area contributed by atoms with Crippen molar-refractivity contribution in [3.63, 3.8) is 0 Å². The molecule has 6 nitrogen and oxygen atoms in total. The first-order valence-electron chi connectivity index (χ1n) is 11.0. The van der Waals surface area contributed by atoms with Gasteiger partial charge in [0.15, 0.2) is 11.5 Å². The number of aromatic amines is 1. The minimum absolute atomic E-state index is 0.000471. The van der Waals surface area contributed by atoms with E-state index < -0.39 is 42.7 Å². The van der Waals surface area contributed by atoms with E-state index in [2.05, 4.69) is 15.5 Å². The minimum Gasteiger partial charge on any atom is -0.492 e. The van der Waals surface area contributed by atoms with Crippen LogP contribution in [0.3, 0.4) is 0 Å². The summed E-state index contributed by atoms with van der Waals surface area (Å²) in [7, 11) is 1.41. The Hall–Kier alpha value is -3.30. The van der Waals surface area contributed by atoms with Gasteiger partial charge >= 0.3 is 0 Å². The number of carbonyl (C=O) groups excluding carboxylic acids is 1. The van der Waals surface area contributed by atoms with Gasteiger partial charge in [0, 0.05) is 24.8 Å². The predicted molar refractivity (Wildman–Crippen MR) is 116 cm³/mol. The van der Waals surface area contributed by atoms with Crippen LogP contribution in [0, 0.1) is 0 Å². The number of nitrogens with one attached hydrogen (secondary N) is 2. The van der Waals surface area contributed by atoms with Gasteiger partial charge in [-0.1, -0.05) is 18.2 Å². The van der Waals surface area contributed by atoms with Crippen LogP contribution < -0.4 is 14.8 Å². The van der Waals surface area contributed by atoms with Crippen molar-refractivity contribution in [2.45, 2.75) is 56.6 Å². The lowest BCUT2D eigenvalue weighted by Crippen LogP contribution is -2.43. The second-order valence-electron chi connectivity index (χ2n) is 8.89. The van der Waals surface area contributed by atoms with E-state index in [0.29, 0.717) is 22.0 Å². The summed E-state index contributed by atoms with van der Waals surface area (Å²) < 4.78 is 66.1. The van der Waals surface area contributed by atoms with Gasteiger partial charge in [-0.15, -0.1) is 0 Å². The molecule has 1 atom stereocenters. The molecule has 2 aliphatic rings. The van der Waals surface area contributed by atoms with E-state index in [1.54, 1.807) is 19.1 Å². The lowest BCUT2D eigenvalue weighted by Gasteiger charge is -2.35. The van der Waals surface area contributed by atoms with Gasteiger partial charge < -0.3 is 14.8 Å². The molecule has 0 aliphatic heterocycles. The molecule has 2 N–H and O–H groups in total. The van der Waals surface area contributed by atoms with Crippen molar-refractivity contribution in [3.05, 3.63) is 52.7 Å².